The molecule has 9 nitrogen and oxygen atoms in total. The Bertz CT molecular complexity index is 1310. The average Bonchev–Trinajstić information content (AvgIpc) is 2.93. The molecule has 1 aliphatic heterocycles. The van der Waals surface area contributed by atoms with Gasteiger partial charge in [0, 0.05) is 43.9 Å². The molecule has 1 fully saturated rings. The van der Waals surface area contributed by atoms with Crippen LogP contribution >= 0.6 is 11.6 Å². The summed E-state index contributed by atoms with van der Waals surface area (Å²) in [6, 6.07) is 8.66. The number of nitrogens with zero attached hydrogens (tertiary/aromatic N) is 2. The van der Waals surface area contributed by atoms with Gasteiger partial charge in [0.2, 0.25) is 5.88 Å². The van der Waals surface area contributed by atoms with Crippen LogP contribution in [-0.4, -0.2) is 59.3 Å². The number of H-pyrrole nitrogens is 1. The molecule has 0 saturated carbocycles. The lowest BCUT2D eigenvalue weighted by molar-refractivity contribution is 0.0583. The second-order valence-electron chi connectivity index (χ2n) is 9.10. The molecule has 1 saturated heterocycles. The quantitative estimate of drug-likeness (QED) is 0.398. The molecule has 2 N–H and O–H groups in total. The number of likely N-dealkylation sites (tertiary alicyclic amines) is 1. The Kier molecular flexibility index (Phi) is 8.78. The molecule has 0 atom stereocenters. The number of ether oxygens (including phenoxy) is 3. The normalized spacial score (nSPS) is 13.8. The lowest BCUT2D eigenvalue weighted by atomic mass is 9.95. The van der Waals surface area contributed by atoms with Crippen LogP contribution in [0.4, 0.5) is 0 Å². The fraction of sp³-hybridized carbons (Fsp3) is 0.393. The van der Waals surface area contributed by atoms with Gasteiger partial charge in [0.05, 0.1) is 30.4 Å². The Hall–Kier alpha value is -3.72. The van der Waals surface area contributed by atoms with Crippen molar-refractivity contribution < 1.29 is 24.1 Å². The van der Waals surface area contributed by atoms with Gasteiger partial charge in [-0.2, -0.15) is 0 Å². The van der Waals surface area contributed by atoms with Crippen molar-refractivity contribution in [2.75, 3.05) is 27.3 Å². The van der Waals surface area contributed by atoms with E-state index < -0.39 is 11.5 Å². The first-order valence-corrected chi connectivity index (χ1v) is 13.0. The molecular weight excluding hydrogens is 510 g/mol. The molecule has 1 aliphatic rings. The summed E-state index contributed by atoms with van der Waals surface area (Å²) in [4.78, 5) is 35.3. The van der Waals surface area contributed by atoms with Crippen molar-refractivity contribution in [2.24, 2.45) is 0 Å². The van der Waals surface area contributed by atoms with E-state index in [2.05, 4.69) is 9.97 Å². The molecule has 0 radical (unpaired) electrons. The van der Waals surface area contributed by atoms with E-state index in [4.69, 9.17) is 25.8 Å². The minimum atomic E-state index is -0.625. The molecule has 0 unspecified atom stereocenters. The van der Waals surface area contributed by atoms with Crippen LogP contribution in [0.3, 0.4) is 0 Å². The fourth-order valence-corrected chi connectivity index (χ4v) is 4.79. The molecule has 3 heterocycles. The van der Waals surface area contributed by atoms with Crippen LogP contribution in [0.2, 0.25) is 5.02 Å². The van der Waals surface area contributed by atoms with Crippen molar-refractivity contribution in [3.8, 4) is 34.3 Å². The number of carbonyl (C=O) groups is 1. The fourth-order valence-electron chi connectivity index (χ4n) is 4.68. The first-order valence-electron chi connectivity index (χ1n) is 12.6. The molecule has 0 bridgehead atoms. The molecular formula is C28H32ClN3O6. The van der Waals surface area contributed by atoms with Gasteiger partial charge in [-0.3, -0.25) is 9.59 Å². The lowest BCUT2D eigenvalue weighted by Gasteiger charge is -2.32. The van der Waals surface area contributed by atoms with Gasteiger partial charge in [-0.05, 0) is 31.0 Å². The molecule has 2 aromatic heterocycles. The van der Waals surface area contributed by atoms with Crippen molar-refractivity contribution in [1.82, 2.24) is 14.9 Å². The van der Waals surface area contributed by atoms with E-state index in [9.17, 15) is 14.7 Å². The van der Waals surface area contributed by atoms with Crippen molar-refractivity contribution in [2.45, 2.75) is 45.1 Å². The Morgan fingerprint density at radius 1 is 1.13 bits per heavy atom. The van der Waals surface area contributed by atoms with Gasteiger partial charge >= 0.3 is 0 Å². The molecule has 3 aromatic rings. The van der Waals surface area contributed by atoms with Crippen LogP contribution in [0.15, 0.2) is 41.3 Å². The van der Waals surface area contributed by atoms with Gasteiger partial charge in [0.1, 0.15) is 28.9 Å². The number of aromatic amines is 1. The van der Waals surface area contributed by atoms with Gasteiger partial charge in [0.25, 0.3) is 11.5 Å². The molecule has 0 spiro atoms. The monoisotopic (exact) mass is 541 g/mol. The number of aromatic nitrogens is 2. The topological polar surface area (TPSA) is 114 Å². The highest BCUT2D eigenvalue weighted by atomic mass is 35.5. The number of amides is 1. The summed E-state index contributed by atoms with van der Waals surface area (Å²) in [7, 11) is 3.04. The highest BCUT2D eigenvalue weighted by molar-refractivity contribution is 6.30. The minimum absolute atomic E-state index is 0.135. The second-order valence-corrected chi connectivity index (χ2v) is 9.53. The Balaban J connectivity index is 1.65. The molecule has 10 heteroatoms. The predicted molar refractivity (Wildman–Crippen MR) is 145 cm³/mol. The van der Waals surface area contributed by atoms with E-state index in [1.807, 2.05) is 6.92 Å². The minimum Gasteiger partial charge on any atom is -0.506 e. The van der Waals surface area contributed by atoms with Crippen molar-refractivity contribution in [1.29, 1.82) is 0 Å². The number of carbonyl (C=O) groups excluding carboxylic acids is 1. The number of piperidine rings is 1. The number of halogens is 1. The molecule has 4 rings (SSSR count). The zero-order chi connectivity index (χ0) is 27.2. The van der Waals surface area contributed by atoms with E-state index in [0.29, 0.717) is 71.6 Å². The standard InChI is InChI=1S/C28H32ClN3O6/c1-4-5-7-19-23(24-20(36-2)8-6-9-21(24)37-3)26(33)25(27(34)31-19)28(35)32-14-12-18(13-15-32)38-22-11-10-17(29)16-30-22/h6,8-11,16,18H,4-5,7,12-15H2,1-3H3,(H2,31,33,34). The smallest absolute Gasteiger partial charge is 0.264 e. The third-order valence-electron chi connectivity index (χ3n) is 6.66. The third kappa shape index (κ3) is 5.72. The number of hydrogen-bond acceptors (Lipinski definition) is 7. The summed E-state index contributed by atoms with van der Waals surface area (Å²) in [6.45, 7) is 2.76. The van der Waals surface area contributed by atoms with Gasteiger partial charge < -0.3 is 29.2 Å². The second kappa shape index (κ2) is 12.2. The van der Waals surface area contributed by atoms with Crippen LogP contribution in [-0.2, 0) is 6.42 Å². The highest BCUT2D eigenvalue weighted by Crippen LogP contribution is 2.45. The van der Waals surface area contributed by atoms with Crippen molar-refractivity contribution in [3.63, 3.8) is 0 Å². The molecule has 38 heavy (non-hydrogen) atoms. The van der Waals surface area contributed by atoms with Gasteiger partial charge in [-0.15, -0.1) is 0 Å². The van der Waals surface area contributed by atoms with Crippen LogP contribution in [0.1, 0.15) is 48.7 Å². The number of methoxy groups -OCH3 is 2. The largest absolute Gasteiger partial charge is 0.506 e. The maximum absolute atomic E-state index is 13.6. The number of benzene rings is 1. The summed E-state index contributed by atoms with van der Waals surface area (Å²) in [5.74, 6) is 0.458. The van der Waals surface area contributed by atoms with E-state index in [1.54, 1.807) is 35.2 Å². The number of hydrogen-bond donors (Lipinski definition) is 2. The van der Waals surface area contributed by atoms with Gasteiger partial charge in [-0.25, -0.2) is 4.98 Å². The summed E-state index contributed by atoms with van der Waals surface area (Å²) in [6.07, 6.45) is 4.66. The molecule has 202 valence electrons. The van der Waals surface area contributed by atoms with Gasteiger partial charge in [0.15, 0.2) is 0 Å². The zero-order valence-corrected chi connectivity index (χ0v) is 22.5. The van der Waals surface area contributed by atoms with E-state index in [-0.39, 0.29) is 17.4 Å². The summed E-state index contributed by atoms with van der Waals surface area (Å²) in [5.41, 5.74) is 0.417. The van der Waals surface area contributed by atoms with Crippen LogP contribution < -0.4 is 19.8 Å². The number of aryl methyl sites for hydroxylation is 1. The Labute approximate surface area is 226 Å². The van der Waals surface area contributed by atoms with E-state index in [0.717, 1.165) is 12.8 Å². The van der Waals surface area contributed by atoms with Crippen molar-refractivity contribution in [3.05, 3.63) is 63.2 Å². The lowest BCUT2D eigenvalue weighted by Crippen LogP contribution is -2.43. The predicted octanol–water partition coefficient (Wildman–Crippen LogP) is 4.84. The number of rotatable bonds is 9. The van der Waals surface area contributed by atoms with Crippen LogP contribution in [0.25, 0.3) is 11.1 Å². The maximum Gasteiger partial charge on any atom is 0.264 e. The first kappa shape index (κ1) is 27.3. The number of unbranched alkanes of at least 4 members (excludes halogenated alkanes) is 1. The molecule has 0 aliphatic carbocycles. The number of aromatic hydroxyl groups is 1. The number of nitrogens with one attached hydrogen (secondary N) is 1. The van der Waals surface area contributed by atoms with E-state index >= 15 is 0 Å². The van der Waals surface area contributed by atoms with Crippen LogP contribution in [0, 0.1) is 0 Å². The molecule has 1 amide bonds. The zero-order valence-electron chi connectivity index (χ0n) is 21.8. The SMILES string of the molecule is CCCCc1[nH]c(=O)c(C(=O)N2CCC(Oc3ccc(Cl)cn3)CC2)c(O)c1-c1c(OC)cccc1OC. The first-order chi connectivity index (χ1) is 18.4. The van der Waals surface area contributed by atoms with E-state index in [1.165, 1.54) is 20.4 Å². The van der Waals surface area contributed by atoms with Gasteiger partial charge in [-0.1, -0.05) is 31.0 Å². The average molecular weight is 542 g/mol. The van der Waals surface area contributed by atoms with Crippen molar-refractivity contribution >= 4 is 17.5 Å². The maximum atomic E-state index is 13.6. The third-order valence-corrected chi connectivity index (χ3v) is 6.88. The number of pyridine rings is 2. The molecule has 1 aromatic carbocycles. The Morgan fingerprint density at radius 3 is 2.39 bits per heavy atom. The summed E-state index contributed by atoms with van der Waals surface area (Å²) < 4.78 is 17.1. The Morgan fingerprint density at radius 2 is 1.82 bits per heavy atom. The summed E-state index contributed by atoms with van der Waals surface area (Å²) in [5, 5.41) is 12.0. The van der Waals surface area contributed by atoms with Crippen LogP contribution in [0.5, 0.6) is 23.1 Å². The highest BCUT2D eigenvalue weighted by Gasteiger charge is 2.32. The summed E-state index contributed by atoms with van der Waals surface area (Å²) >= 11 is 5.89.